The second-order valence-corrected chi connectivity index (χ2v) is 5.46. The topological polar surface area (TPSA) is 34.1 Å². The number of aromatic nitrogens is 1. The van der Waals surface area contributed by atoms with Crippen molar-refractivity contribution in [2.24, 2.45) is 0 Å². The third kappa shape index (κ3) is 3.14. The molecule has 0 saturated heterocycles. The summed E-state index contributed by atoms with van der Waals surface area (Å²) < 4.78 is 5.61. The standard InChI is InChI=1S/C19H26N2O/c1-6-14-9-8-10-15(7-2)19(14)17-11-18(22-5)16(12-20-4)13(3)21-17/h8-11,20H,6-7,12H2,1-5H3. The fraction of sp³-hybridized carbons (Fsp3) is 0.421. The Labute approximate surface area is 133 Å². The largest absolute Gasteiger partial charge is 0.496 e. The molecule has 1 aromatic carbocycles. The SMILES string of the molecule is CCc1cccc(CC)c1-c1cc(OC)c(CNC)c(C)n1. The Hall–Kier alpha value is -1.87. The highest BCUT2D eigenvalue weighted by atomic mass is 16.5. The maximum absolute atomic E-state index is 5.61. The minimum absolute atomic E-state index is 0.762. The number of rotatable bonds is 6. The van der Waals surface area contributed by atoms with Crippen molar-refractivity contribution >= 4 is 0 Å². The zero-order valence-corrected chi connectivity index (χ0v) is 14.3. The quantitative estimate of drug-likeness (QED) is 0.878. The molecule has 3 heteroatoms. The van der Waals surface area contributed by atoms with Crippen LogP contribution in [0.1, 0.15) is 36.2 Å². The van der Waals surface area contributed by atoms with E-state index in [2.05, 4.69) is 50.4 Å². The number of nitrogens with one attached hydrogen (secondary N) is 1. The van der Waals surface area contributed by atoms with Gasteiger partial charge in [-0.2, -0.15) is 0 Å². The Morgan fingerprint density at radius 3 is 2.27 bits per heavy atom. The fourth-order valence-electron chi connectivity index (χ4n) is 2.94. The van der Waals surface area contributed by atoms with E-state index < -0.39 is 0 Å². The van der Waals surface area contributed by atoms with Crippen LogP contribution in [0.5, 0.6) is 5.75 Å². The molecule has 1 N–H and O–H groups in total. The maximum atomic E-state index is 5.61. The molecule has 0 radical (unpaired) electrons. The molecule has 0 aliphatic rings. The molecule has 0 saturated carbocycles. The van der Waals surface area contributed by atoms with Gasteiger partial charge in [0.25, 0.3) is 0 Å². The summed E-state index contributed by atoms with van der Waals surface area (Å²) in [4.78, 5) is 4.87. The first kappa shape index (κ1) is 16.5. The Morgan fingerprint density at radius 2 is 1.77 bits per heavy atom. The van der Waals surface area contributed by atoms with Crippen LogP contribution in [0.25, 0.3) is 11.3 Å². The number of methoxy groups -OCH3 is 1. The van der Waals surface area contributed by atoms with Gasteiger partial charge in [-0.15, -0.1) is 0 Å². The van der Waals surface area contributed by atoms with Gasteiger partial charge in [0.1, 0.15) is 5.75 Å². The van der Waals surface area contributed by atoms with Crippen LogP contribution in [0.2, 0.25) is 0 Å². The third-order valence-corrected chi connectivity index (χ3v) is 4.12. The molecule has 0 spiro atoms. The molecule has 118 valence electrons. The minimum atomic E-state index is 0.762. The Bertz CT molecular complexity index is 628. The van der Waals surface area contributed by atoms with Gasteiger partial charge in [0.05, 0.1) is 12.8 Å². The lowest BCUT2D eigenvalue weighted by Gasteiger charge is -2.17. The van der Waals surface area contributed by atoms with Crippen LogP contribution in [0.4, 0.5) is 0 Å². The summed E-state index contributed by atoms with van der Waals surface area (Å²) in [5, 5.41) is 3.18. The number of hydrogen-bond acceptors (Lipinski definition) is 3. The van der Waals surface area contributed by atoms with Gasteiger partial charge in [0.15, 0.2) is 0 Å². The lowest BCUT2D eigenvalue weighted by atomic mass is 9.94. The number of ether oxygens (including phenoxy) is 1. The van der Waals surface area contributed by atoms with E-state index in [1.807, 2.05) is 7.05 Å². The second kappa shape index (κ2) is 7.41. The van der Waals surface area contributed by atoms with Gasteiger partial charge in [-0.25, -0.2) is 0 Å². The van der Waals surface area contributed by atoms with E-state index in [-0.39, 0.29) is 0 Å². The summed E-state index contributed by atoms with van der Waals surface area (Å²) in [6, 6.07) is 8.60. The Balaban J connectivity index is 2.66. The molecule has 1 aromatic heterocycles. The van der Waals surface area contributed by atoms with E-state index in [0.29, 0.717) is 0 Å². The normalized spacial score (nSPS) is 10.8. The predicted octanol–water partition coefficient (Wildman–Crippen LogP) is 3.91. The van der Waals surface area contributed by atoms with Crippen LogP contribution in [-0.4, -0.2) is 19.1 Å². The number of aryl methyl sites for hydroxylation is 3. The summed E-state index contributed by atoms with van der Waals surface area (Å²) in [7, 11) is 3.67. The highest BCUT2D eigenvalue weighted by molar-refractivity contribution is 5.70. The number of benzene rings is 1. The Kier molecular flexibility index (Phi) is 5.56. The molecule has 22 heavy (non-hydrogen) atoms. The summed E-state index contributed by atoms with van der Waals surface area (Å²) in [6.45, 7) is 7.20. The zero-order chi connectivity index (χ0) is 16.1. The van der Waals surface area contributed by atoms with E-state index in [0.717, 1.165) is 42.1 Å². The van der Waals surface area contributed by atoms with Crippen molar-refractivity contribution in [1.82, 2.24) is 10.3 Å². The van der Waals surface area contributed by atoms with Crippen molar-refractivity contribution in [3.05, 3.63) is 46.6 Å². The van der Waals surface area contributed by atoms with Gasteiger partial charge >= 0.3 is 0 Å². The fourth-order valence-corrected chi connectivity index (χ4v) is 2.94. The first-order valence-electron chi connectivity index (χ1n) is 7.96. The minimum Gasteiger partial charge on any atom is -0.496 e. The summed E-state index contributed by atoms with van der Waals surface area (Å²) >= 11 is 0. The molecular formula is C19H26N2O. The smallest absolute Gasteiger partial charge is 0.127 e. The van der Waals surface area contributed by atoms with Gasteiger partial charge in [-0.1, -0.05) is 32.0 Å². The van der Waals surface area contributed by atoms with E-state index >= 15 is 0 Å². The molecule has 0 aliphatic heterocycles. The summed E-state index contributed by atoms with van der Waals surface area (Å²) in [5.74, 6) is 0.907. The van der Waals surface area contributed by atoms with Gasteiger partial charge < -0.3 is 10.1 Å². The van der Waals surface area contributed by atoms with Crippen molar-refractivity contribution in [3.63, 3.8) is 0 Å². The van der Waals surface area contributed by atoms with Gasteiger partial charge in [0.2, 0.25) is 0 Å². The summed E-state index contributed by atoms with van der Waals surface area (Å²) in [6.07, 6.45) is 2.01. The highest BCUT2D eigenvalue weighted by Gasteiger charge is 2.15. The van der Waals surface area contributed by atoms with Crippen LogP contribution in [0, 0.1) is 6.92 Å². The molecule has 2 rings (SSSR count). The van der Waals surface area contributed by atoms with Gasteiger partial charge in [-0.05, 0) is 37.9 Å². The van der Waals surface area contributed by atoms with E-state index in [1.54, 1.807) is 7.11 Å². The zero-order valence-electron chi connectivity index (χ0n) is 14.3. The van der Waals surface area contributed by atoms with Crippen molar-refractivity contribution in [2.75, 3.05) is 14.2 Å². The average molecular weight is 298 g/mol. The molecule has 0 atom stereocenters. The Morgan fingerprint density at radius 1 is 1.14 bits per heavy atom. The van der Waals surface area contributed by atoms with Crippen LogP contribution in [0.3, 0.4) is 0 Å². The number of nitrogens with zero attached hydrogens (tertiary/aromatic N) is 1. The van der Waals surface area contributed by atoms with Crippen molar-refractivity contribution in [3.8, 4) is 17.0 Å². The third-order valence-electron chi connectivity index (χ3n) is 4.12. The highest BCUT2D eigenvalue weighted by Crippen LogP contribution is 2.32. The molecule has 0 unspecified atom stereocenters. The number of pyridine rings is 1. The predicted molar refractivity (Wildman–Crippen MR) is 92.5 cm³/mol. The van der Waals surface area contributed by atoms with Crippen molar-refractivity contribution in [1.29, 1.82) is 0 Å². The van der Waals surface area contributed by atoms with Crippen molar-refractivity contribution in [2.45, 2.75) is 40.2 Å². The second-order valence-electron chi connectivity index (χ2n) is 5.46. The summed E-state index contributed by atoms with van der Waals surface area (Å²) in [5.41, 5.74) is 7.12. The van der Waals surface area contributed by atoms with Gasteiger partial charge in [0, 0.05) is 29.4 Å². The van der Waals surface area contributed by atoms with E-state index in [1.165, 1.54) is 16.7 Å². The lowest BCUT2D eigenvalue weighted by Crippen LogP contribution is -2.10. The van der Waals surface area contributed by atoms with Gasteiger partial charge in [-0.3, -0.25) is 4.98 Å². The molecule has 3 nitrogen and oxygen atoms in total. The van der Waals surface area contributed by atoms with Crippen LogP contribution in [0.15, 0.2) is 24.3 Å². The average Bonchev–Trinajstić information content (AvgIpc) is 2.55. The first-order valence-corrected chi connectivity index (χ1v) is 7.96. The maximum Gasteiger partial charge on any atom is 0.127 e. The molecule has 2 aromatic rings. The van der Waals surface area contributed by atoms with Crippen molar-refractivity contribution < 1.29 is 4.74 Å². The monoisotopic (exact) mass is 298 g/mol. The molecule has 0 aliphatic carbocycles. The molecule has 0 bridgehead atoms. The molecule has 0 fully saturated rings. The molecule has 1 heterocycles. The van der Waals surface area contributed by atoms with E-state index in [4.69, 9.17) is 9.72 Å². The lowest BCUT2D eigenvalue weighted by molar-refractivity contribution is 0.407. The number of hydrogen-bond donors (Lipinski definition) is 1. The molecule has 0 amide bonds. The van der Waals surface area contributed by atoms with Crippen LogP contribution >= 0.6 is 0 Å². The van der Waals surface area contributed by atoms with Crippen LogP contribution < -0.4 is 10.1 Å². The first-order chi connectivity index (χ1) is 10.7. The van der Waals surface area contributed by atoms with E-state index in [9.17, 15) is 0 Å². The van der Waals surface area contributed by atoms with Crippen LogP contribution in [-0.2, 0) is 19.4 Å². The molecular weight excluding hydrogens is 272 g/mol.